The number of nitrogens with zero attached hydrogens (tertiary/aromatic N) is 1. The molecule has 0 saturated carbocycles. The highest BCUT2D eigenvalue weighted by molar-refractivity contribution is 6.30. The number of hydrogen-bond donors (Lipinski definition) is 0. The fraction of sp³-hybridized carbons (Fsp3) is 0.235. The summed E-state index contributed by atoms with van der Waals surface area (Å²) in [6.07, 6.45) is 0.850. The Hall–Kier alpha value is -2.20. The summed E-state index contributed by atoms with van der Waals surface area (Å²) < 4.78 is 10.6. The van der Waals surface area contributed by atoms with Gasteiger partial charge in [0.1, 0.15) is 0 Å². The predicted molar refractivity (Wildman–Crippen MR) is 82.5 cm³/mol. The largest absolute Gasteiger partial charge is 0.454 e. The highest BCUT2D eigenvalue weighted by atomic mass is 35.5. The van der Waals surface area contributed by atoms with Gasteiger partial charge >= 0.3 is 0 Å². The minimum absolute atomic E-state index is 0.00363. The van der Waals surface area contributed by atoms with Gasteiger partial charge in [0.2, 0.25) is 6.79 Å². The number of halogens is 1. The van der Waals surface area contributed by atoms with Gasteiger partial charge in [-0.2, -0.15) is 0 Å². The van der Waals surface area contributed by atoms with E-state index < -0.39 is 0 Å². The van der Waals surface area contributed by atoms with Crippen LogP contribution in [0.5, 0.6) is 11.5 Å². The highest BCUT2D eigenvalue weighted by Gasteiger charge is 2.24. The summed E-state index contributed by atoms with van der Waals surface area (Å²) in [5, 5.41) is 0.705. The van der Waals surface area contributed by atoms with E-state index in [1.54, 1.807) is 18.2 Å². The Balaban J connectivity index is 1.59. The van der Waals surface area contributed by atoms with Gasteiger partial charge in [-0.25, -0.2) is 0 Å². The summed E-state index contributed by atoms with van der Waals surface area (Å²) >= 11 is 6.05. The maximum absolute atomic E-state index is 12.7. The van der Waals surface area contributed by atoms with Crippen molar-refractivity contribution in [1.29, 1.82) is 0 Å². The average Bonchev–Trinajstić information content (AvgIpc) is 3.01. The first kappa shape index (κ1) is 13.5. The summed E-state index contributed by atoms with van der Waals surface area (Å²) in [5.74, 6) is 1.32. The van der Waals surface area contributed by atoms with Crippen LogP contribution in [0.3, 0.4) is 0 Å². The van der Waals surface area contributed by atoms with E-state index in [0.29, 0.717) is 35.2 Å². The van der Waals surface area contributed by atoms with Crippen LogP contribution in [0.25, 0.3) is 0 Å². The van der Waals surface area contributed by atoms with Crippen LogP contribution in [-0.4, -0.2) is 24.1 Å². The molecule has 0 bridgehead atoms. The Morgan fingerprint density at radius 2 is 1.91 bits per heavy atom. The van der Waals surface area contributed by atoms with Gasteiger partial charge in [0.15, 0.2) is 11.5 Å². The molecule has 1 amide bonds. The van der Waals surface area contributed by atoms with Gasteiger partial charge < -0.3 is 14.4 Å². The molecule has 0 fully saturated rings. The second-order valence-corrected chi connectivity index (χ2v) is 5.89. The van der Waals surface area contributed by atoms with Gasteiger partial charge in [0.25, 0.3) is 5.91 Å². The van der Waals surface area contributed by atoms with E-state index in [-0.39, 0.29) is 12.7 Å². The van der Waals surface area contributed by atoms with Crippen LogP contribution in [-0.2, 0) is 13.0 Å². The number of carbonyl (C=O) groups excluding carboxylic acids is 1. The zero-order chi connectivity index (χ0) is 15.1. The van der Waals surface area contributed by atoms with Crippen molar-refractivity contribution in [2.45, 2.75) is 13.0 Å². The molecule has 0 spiro atoms. The van der Waals surface area contributed by atoms with E-state index in [0.717, 1.165) is 12.0 Å². The Morgan fingerprint density at radius 1 is 1.05 bits per heavy atom. The van der Waals surface area contributed by atoms with Gasteiger partial charge in [-0.05, 0) is 47.9 Å². The normalized spacial score (nSPS) is 15.6. The second kappa shape index (κ2) is 5.21. The van der Waals surface area contributed by atoms with Crippen molar-refractivity contribution >= 4 is 17.5 Å². The van der Waals surface area contributed by atoms with Crippen LogP contribution in [0.1, 0.15) is 21.5 Å². The molecule has 5 heteroatoms. The highest BCUT2D eigenvalue weighted by Crippen LogP contribution is 2.33. The molecule has 2 aliphatic rings. The van der Waals surface area contributed by atoms with E-state index in [1.807, 2.05) is 23.1 Å². The van der Waals surface area contributed by atoms with Crippen LogP contribution in [0.4, 0.5) is 0 Å². The molecule has 0 radical (unpaired) electrons. The summed E-state index contributed by atoms with van der Waals surface area (Å²) in [4.78, 5) is 14.5. The Kier molecular flexibility index (Phi) is 3.19. The zero-order valence-corrected chi connectivity index (χ0v) is 12.6. The number of carbonyl (C=O) groups is 1. The van der Waals surface area contributed by atoms with Crippen molar-refractivity contribution in [3.63, 3.8) is 0 Å². The first-order valence-electron chi connectivity index (χ1n) is 7.17. The van der Waals surface area contributed by atoms with E-state index in [1.165, 1.54) is 5.56 Å². The number of amides is 1. The SMILES string of the molecule is O=C(c1ccc2c(c1)OCO2)N1CCc2ccc(Cl)cc2C1. The number of fused-ring (bicyclic) bond motifs is 2. The Bertz CT molecular complexity index is 760. The first-order chi connectivity index (χ1) is 10.7. The molecule has 4 nitrogen and oxygen atoms in total. The topological polar surface area (TPSA) is 38.8 Å². The molecule has 0 N–H and O–H groups in total. The average molecular weight is 316 g/mol. The zero-order valence-electron chi connectivity index (χ0n) is 11.8. The summed E-state index contributed by atoms with van der Waals surface area (Å²) in [6, 6.07) is 11.2. The summed E-state index contributed by atoms with van der Waals surface area (Å²) in [6.45, 7) is 1.51. The van der Waals surface area contributed by atoms with Gasteiger partial charge in [-0.1, -0.05) is 17.7 Å². The lowest BCUT2D eigenvalue weighted by Gasteiger charge is -2.29. The summed E-state index contributed by atoms with van der Waals surface area (Å²) in [5.41, 5.74) is 3.00. The lowest BCUT2D eigenvalue weighted by molar-refractivity contribution is 0.0734. The van der Waals surface area contributed by atoms with Gasteiger partial charge in [-0.15, -0.1) is 0 Å². The van der Waals surface area contributed by atoms with E-state index in [2.05, 4.69) is 0 Å². The number of hydrogen-bond acceptors (Lipinski definition) is 3. The van der Waals surface area contributed by atoms with E-state index in [4.69, 9.17) is 21.1 Å². The third kappa shape index (κ3) is 2.29. The third-order valence-corrected chi connectivity index (χ3v) is 4.32. The molecular weight excluding hydrogens is 302 g/mol. The Labute approximate surface area is 133 Å². The van der Waals surface area contributed by atoms with Crippen molar-refractivity contribution in [2.24, 2.45) is 0 Å². The Morgan fingerprint density at radius 3 is 2.82 bits per heavy atom. The van der Waals surface area contributed by atoms with Crippen LogP contribution in [0.2, 0.25) is 5.02 Å². The van der Waals surface area contributed by atoms with Crippen LogP contribution in [0.15, 0.2) is 36.4 Å². The maximum atomic E-state index is 12.7. The predicted octanol–water partition coefficient (Wildman–Crippen LogP) is 3.27. The number of benzene rings is 2. The molecule has 0 unspecified atom stereocenters. The molecule has 112 valence electrons. The second-order valence-electron chi connectivity index (χ2n) is 5.46. The standard InChI is InChI=1S/C17H14ClNO3/c18-14-3-1-11-5-6-19(9-13(11)7-14)17(20)12-2-4-15-16(8-12)22-10-21-15/h1-4,7-8H,5-6,9-10H2. The maximum Gasteiger partial charge on any atom is 0.254 e. The molecule has 22 heavy (non-hydrogen) atoms. The first-order valence-corrected chi connectivity index (χ1v) is 7.55. The molecule has 2 aromatic carbocycles. The number of ether oxygens (including phenoxy) is 2. The molecule has 4 rings (SSSR count). The molecule has 2 aliphatic heterocycles. The molecule has 2 heterocycles. The minimum Gasteiger partial charge on any atom is -0.454 e. The quantitative estimate of drug-likeness (QED) is 0.810. The van der Waals surface area contributed by atoms with Crippen LogP contribution >= 0.6 is 11.6 Å². The van der Waals surface area contributed by atoms with Crippen molar-refractivity contribution in [1.82, 2.24) is 4.90 Å². The number of rotatable bonds is 1. The molecule has 0 aromatic heterocycles. The van der Waals surface area contributed by atoms with E-state index >= 15 is 0 Å². The molecule has 0 saturated heterocycles. The van der Waals surface area contributed by atoms with E-state index in [9.17, 15) is 4.79 Å². The van der Waals surface area contributed by atoms with Gasteiger partial charge in [0, 0.05) is 23.7 Å². The van der Waals surface area contributed by atoms with Crippen molar-refractivity contribution in [2.75, 3.05) is 13.3 Å². The monoisotopic (exact) mass is 315 g/mol. The van der Waals surface area contributed by atoms with Crippen LogP contribution in [0, 0.1) is 0 Å². The third-order valence-electron chi connectivity index (χ3n) is 4.09. The minimum atomic E-state index is 0.00363. The molecule has 0 atom stereocenters. The lowest BCUT2D eigenvalue weighted by Crippen LogP contribution is -2.35. The van der Waals surface area contributed by atoms with Crippen LogP contribution < -0.4 is 9.47 Å². The lowest BCUT2D eigenvalue weighted by atomic mass is 9.99. The molecule has 2 aromatic rings. The van der Waals surface area contributed by atoms with Crippen molar-refractivity contribution in [3.8, 4) is 11.5 Å². The summed E-state index contributed by atoms with van der Waals surface area (Å²) in [7, 11) is 0. The fourth-order valence-corrected chi connectivity index (χ4v) is 3.11. The molecule has 0 aliphatic carbocycles. The fourth-order valence-electron chi connectivity index (χ4n) is 2.91. The molecular formula is C17H14ClNO3. The smallest absolute Gasteiger partial charge is 0.254 e. The van der Waals surface area contributed by atoms with Crippen molar-refractivity contribution < 1.29 is 14.3 Å². The van der Waals surface area contributed by atoms with Gasteiger partial charge in [-0.3, -0.25) is 4.79 Å². The van der Waals surface area contributed by atoms with Crippen molar-refractivity contribution in [3.05, 3.63) is 58.1 Å². The van der Waals surface area contributed by atoms with Gasteiger partial charge in [0.05, 0.1) is 0 Å².